The van der Waals surface area contributed by atoms with Crippen LogP contribution in [0.2, 0.25) is 0 Å². The van der Waals surface area contributed by atoms with Crippen LogP contribution in [0.4, 0.5) is 0 Å². The van der Waals surface area contributed by atoms with Gasteiger partial charge in [-0.2, -0.15) is 5.26 Å². The number of nitrogens with zero attached hydrogens (tertiary/aromatic N) is 2. The van der Waals surface area contributed by atoms with Crippen molar-refractivity contribution < 1.29 is 0 Å². The average molecular weight is 158 g/mol. The maximum atomic E-state index is 8.49. The second-order valence-corrected chi connectivity index (χ2v) is 3.14. The molecule has 12 heavy (non-hydrogen) atoms. The van der Waals surface area contributed by atoms with E-state index in [2.05, 4.69) is 17.1 Å². The summed E-state index contributed by atoms with van der Waals surface area (Å²) < 4.78 is 0. The molecule has 1 aromatic rings. The highest BCUT2D eigenvalue weighted by molar-refractivity contribution is 5.30. The zero-order chi connectivity index (χ0) is 8.39. The van der Waals surface area contributed by atoms with Crippen LogP contribution in [0.5, 0.6) is 0 Å². The molecule has 1 aromatic heterocycles. The molecule has 0 atom stereocenters. The Kier molecular flexibility index (Phi) is 1.79. The molecular weight excluding hydrogens is 148 g/mol. The van der Waals surface area contributed by atoms with Crippen LogP contribution in [0.15, 0.2) is 12.3 Å². The molecule has 0 saturated heterocycles. The Balaban J connectivity index is 2.34. The summed E-state index contributed by atoms with van der Waals surface area (Å²) in [7, 11) is 0. The Morgan fingerprint density at radius 2 is 2.42 bits per heavy atom. The van der Waals surface area contributed by atoms with Gasteiger partial charge in [0.1, 0.15) is 0 Å². The second kappa shape index (κ2) is 2.94. The van der Waals surface area contributed by atoms with Crippen molar-refractivity contribution in [3.8, 4) is 6.07 Å². The van der Waals surface area contributed by atoms with Crippen molar-refractivity contribution in [1.29, 1.82) is 5.26 Å². The van der Waals surface area contributed by atoms with Crippen molar-refractivity contribution in [2.75, 3.05) is 0 Å². The predicted octanol–water partition coefficient (Wildman–Crippen LogP) is 1.64. The second-order valence-electron chi connectivity index (χ2n) is 3.14. The first kappa shape index (κ1) is 7.30. The van der Waals surface area contributed by atoms with Gasteiger partial charge in [0, 0.05) is 11.9 Å². The molecule has 0 amide bonds. The zero-order valence-corrected chi connectivity index (χ0v) is 6.88. The minimum absolute atomic E-state index is 0.486. The highest BCUT2D eigenvalue weighted by atomic mass is 14.7. The molecular formula is C10H10N2. The summed E-state index contributed by atoms with van der Waals surface area (Å²) in [4.78, 5) is 4.33. The molecule has 0 saturated carbocycles. The molecule has 0 unspecified atom stereocenters. The number of rotatable bonds is 1. The van der Waals surface area contributed by atoms with E-state index in [0.29, 0.717) is 6.42 Å². The largest absolute Gasteiger partial charge is 0.261 e. The number of aryl methyl sites for hydroxylation is 2. The SMILES string of the molecule is N#CCc1cnc2c(c1)CCC2. The Morgan fingerprint density at radius 1 is 1.50 bits per heavy atom. The maximum Gasteiger partial charge on any atom is 0.0670 e. The van der Waals surface area contributed by atoms with Gasteiger partial charge in [0.15, 0.2) is 0 Å². The van der Waals surface area contributed by atoms with Gasteiger partial charge >= 0.3 is 0 Å². The van der Waals surface area contributed by atoms with Crippen LogP contribution in [-0.4, -0.2) is 4.98 Å². The summed E-state index contributed by atoms with van der Waals surface area (Å²) in [5.74, 6) is 0. The lowest BCUT2D eigenvalue weighted by atomic mass is 10.1. The number of pyridine rings is 1. The van der Waals surface area contributed by atoms with E-state index in [0.717, 1.165) is 18.4 Å². The first-order valence-corrected chi connectivity index (χ1v) is 4.24. The fourth-order valence-corrected chi connectivity index (χ4v) is 1.66. The lowest BCUT2D eigenvalue weighted by Crippen LogP contribution is -1.91. The van der Waals surface area contributed by atoms with Crippen LogP contribution in [0.25, 0.3) is 0 Å². The van der Waals surface area contributed by atoms with E-state index in [9.17, 15) is 0 Å². The molecule has 60 valence electrons. The third-order valence-corrected chi connectivity index (χ3v) is 2.26. The molecule has 2 nitrogen and oxygen atoms in total. The molecule has 0 radical (unpaired) electrons. The standard InChI is InChI=1S/C10H10N2/c11-5-4-8-6-9-2-1-3-10(9)12-7-8/h6-7H,1-4H2. The van der Waals surface area contributed by atoms with E-state index in [4.69, 9.17) is 5.26 Å². The van der Waals surface area contributed by atoms with E-state index >= 15 is 0 Å². The maximum absolute atomic E-state index is 8.49. The minimum Gasteiger partial charge on any atom is -0.261 e. The van der Waals surface area contributed by atoms with Crippen LogP contribution in [0.3, 0.4) is 0 Å². The Hall–Kier alpha value is -1.36. The van der Waals surface area contributed by atoms with Crippen LogP contribution >= 0.6 is 0 Å². The molecule has 1 aliphatic carbocycles. The molecule has 0 aromatic carbocycles. The normalized spacial score (nSPS) is 13.9. The monoisotopic (exact) mass is 158 g/mol. The average Bonchev–Trinajstić information content (AvgIpc) is 2.51. The van der Waals surface area contributed by atoms with Crippen molar-refractivity contribution in [1.82, 2.24) is 4.98 Å². The number of hydrogen-bond acceptors (Lipinski definition) is 2. The summed E-state index contributed by atoms with van der Waals surface area (Å²) in [6, 6.07) is 4.26. The fraction of sp³-hybridized carbons (Fsp3) is 0.400. The van der Waals surface area contributed by atoms with Crippen LogP contribution in [0.1, 0.15) is 23.2 Å². The van der Waals surface area contributed by atoms with E-state index in [1.807, 2.05) is 6.20 Å². The molecule has 0 bridgehead atoms. The number of hydrogen-bond donors (Lipinski definition) is 0. The minimum atomic E-state index is 0.486. The summed E-state index contributed by atoms with van der Waals surface area (Å²) in [5.41, 5.74) is 3.64. The third-order valence-electron chi connectivity index (χ3n) is 2.26. The molecule has 0 spiro atoms. The Morgan fingerprint density at radius 3 is 3.25 bits per heavy atom. The summed E-state index contributed by atoms with van der Waals surface area (Å²) >= 11 is 0. The van der Waals surface area contributed by atoms with Crippen molar-refractivity contribution in [2.24, 2.45) is 0 Å². The van der Waals surface area contributed by atoms with Crippen LogP contribution in [0, 0.1) is 11.3 Å². The highest BCUT2D eigenvalue weighted by Crippen LogP contribution is 2.20. The lowest BCUT2D eigenvalue weighted by Gasteiger charge is -1.99. The molecule has 0 N–H and O–H groups in total. The smallest absolute Gasteiger partial charge is 0.0670 e. The molecule has 2 heteroatoms. The summed E-state index contributed by atoms with van der Waals surface area (Å²) in [5, 5.41) is 8.49. The topological polar surface area (TPSA) is 36.7 Å². The number of aromatic nitrogens is 1. The van der Waals surface area contributed by atoms with Gasteiger partial charge in [0.25, 0.3) is 0 Å². The van der Waals surface area contributed by atoms with Gasteiger partial charge in [-0.15, -0.1) is 0 Å². The van der Waals surface area contributed by atoms with E-state index in [1.54, 1.807) is 0 Å². The fourth-order valence-electron chi connectivity index (χ4n) is 1.66. The van der Waals surface area contributed by atoms with Gasteiger partial charge in [0.2, 0.25) is 0 Å². The Labute approximate surface area is 71.9 Å². The predicted molar refractivity (Wildman–Crippen MR) is 45.6 cm³/mol. The first-order chi connectivity index (χ1) is 5.90. The van der Waals surface area contributed by atoms with Gasteiger partial charge in [-0.05, 0) is 30.4 Å². The third kappa shape index (κ3) is 1.18. The van der Waals surface area contributed by atoms with Gasteiger partial charge in [-0.1, -0.05) is 6.07 Å². The van der Waals surface area contributed by atoms with Gasteiger partial charge in [-0.25, -0.2) is 0 Å². The van der Waals surface area contributed by atoms with Gasteiger partial charge in [-0.3, -0.25) is 4.98 Å². The summed E-state index contributed by atoms with van der Waals surface area (Å²) in [6.45, 7) is 0. The van der Waals surface area contributed by atoms with Gasteiger partial charge in [0.05, 0.1) is 12.5 Å². The quantitative estimate of drug-likeness (QED) is 0.623. The molecule has 1 heterocycles. The van der Waals surface area contributed by atoms with E-state index < -0.39 is 0 Å². The number of fused-ring (bicyclic) bond motifs is 1. The molecule has 2 rings (SSSR count). The Bertz CT molecular complexity index is 336. The van der Waals surface area contributed by atoms with Crippen LogP contribution in [-0.2, 0) is 19.3 Å². The van der Waals surface area contributed by atoms with E-state index in [1.165, 1.54) is 17.7 Å². The summed E-state index contributed by atoms with van der Waals surface area (Å²) in [6.07, 6.45) is 5.79. The molecule has 0 fully saturated rings. The lowest BCUT2D eigenvalue weighted by molar-refractivity contribution is 0.899. The zero-order valence-electron chi connectivity index (χ0n) is 6.88. The van der Waals surface area contributed by atoms with Crippen molar-refractivity contribution >= 4 is 0 Å². The van der Waals surface area contributed by atoms with Crippen LogP contribution < -0.4 is 0 Å². The van der Waals surface area contributed by atoms with Gasteiger partial charge < -0.3 is 0 Å². The first-order valence-electron chi connectivity index (χ1n) is 4.24. The highest BCUT2D eigenvalue weighted by Gasteiger charge is 2.11. The molecule has 1 aliphatic rings. The van der Waals surface area contributed by atoms with Crippen molar-refractivity contribution in [3.63, 3.8) is 0 Å². The van der Waals surface area contributed by atoms with Crippen molar-refractivity contribution in [3.05, 3.63) is 29.1 Å². The van der Waals surface area contributed by atoms with Crippen molar-refractivity contribution in [2.45, 2.75) is 25.7 Å². The number of nitriles is 1. The van der Waals surface area contributed by atoms with E-state index in [-0.39, 0.29) is 0 Å². The molecule has 0 aliphatic heterocycles.